The van der Waals surface area contributed by atoms with Crippen molar-refractivity contribution in [3.63, 3.8) is 0 Å². The molecule has 0 unspecified atom stereocenters. The Hall–Kier alpha value is -1.99. The minimum atomic E-state index is -0.454. The predicted octanol–water partition coefficient (Wildman–Crippen LogP) is 1.16. The molecule has 1 N–H and O–H groups in total. The van der Waals surface area contributed by atoms with Crippen molar-refractivity contribution in [1.82, 2.24) is 19.7 Å². The van der Waals surface area contributed by atoms with Crippen LogP contribution in [0, 0.1) is 5.82 Å². The standard InChI is InChI=1S/C16H22FN5O/c1-20-10-13(8-19-20)11-21-3-2-4-22(6-5-21)16-7-14(12-23)15(17)9-18-16/h7-10,23H,2-6,11-12H2,1H3. The number of halogens is 1. The van der Waals surface area contributed by atoms with Gasteiger partial charge in [0.1, 0.15) is 11.6 Å². The highest BCUT2D eigenvalue weighted by molar-refractivity contribution is 5.41. The first kappa shape index (κ1) is 15.9. The molecule has 2 aromatic heterocycles. The molecule has 0 spiro atoms. The molecule has 2 aromatic rings. The highest BCUT2D eigenvalue weighted by Gasteiger charge is 2.17. The SMILES string of the molecule is Cn1cc(CN2CCCN(c3cc(CO)c(F)cn3)CC2)cn1. The van der Waals surface area contributed by atoms with E-state index in [2.05, 4.69) is 19.9 Å². The summed E-state index contributed by atoms with van der Waals surface area (Å²) >= 11 is 0. The lowest BCUT2D eigenvalue weighted by Gasteiger charge is -2.23. The fourth-order valence-electron chi connectivity index (χ4n) is 2.93. The van der Waals surface area contributed by atoms with Crippen molar-refractivity contribution in [2.24, 2.45) is 7.05 Å². The Morgan fingerprint density at radius 2 is 2.09 bits per heavy atom. The number of aliphatic hydroxyl groups is 1. The number of nitrogens with zero attached hydrogens (tertiary/aromatic N) is 5. The van der Waals surface area contributed by atoms with Gasteiger partial charge < -0.3 is 10.0 Å². The van der Waals surface area contributed by atoms with E-state index < -0.39 is 5.82 Å². The van der Waals surface area contributed by atoms with Gasteiger partial charge in [-0.25, -0.2) is 9.37 Å². The Balaban J connectivity index is 1.64. The van der Waals surface area contributed by atoms with Crippen LogP contribution in [0.15, 0.2) is 24.7 Å². The number of aromatic nitrogens is 3. The minimum absolute atomic E-state index is 0.298. The normalized spacial score (nSPS) is 16.6. The number of hydrogen-bond acceptors (Lipinski definition) is 5. The Labute approximate surface area is 135 Å². The van der Waals surface area contributed by atoms with Crippen LogP contribution in [0.5, 0.6) is 0 Å². The van der Waals surface area contributed by atoms with E-state index in [0.29, 0.717) is 5.56 Å². The molecule has 1 saturated heterocycles. The summed E-state index contributed by atoms with van der Waals surface area (Å²) in [6, 6.07) is 1.64. The second kappa shape index (κ2) is 7.06. The Morgan fingerprint density at radius 3 is 2.83 bits per heavy atom. The van der Waals surface area contributed by atoms with Gasteiger partial charge in [-0.2, -0.15) is 5.10 Å². The lowest BCUT2D eigenvalue weighted by molar-refractivity contribution is 0.275. The second-order valence-electron chi connectivity index (χ2n) is 5.93. The molecule has 0 saturated carbocycles. The van der Waals surface area contributed by atoms with Gasteiger partial charge in [0.15, 0.2) is 0 Å². The monoisotopic (exact) mass is 319 g/mol. The number of anilines is 1. The van der Waals surface area contributed by atoms with Crippen LogP contribution in [0.3, 0.4) is 0 Å². The molecule has 7 heteroatoms. The third kappa shape index (κ3) is 3.86. The van der Waals surface area contributed by atoms with Gasteiger partial charge in [0.2, 0.25) is 0 Å². The molecule has 0 aliphatic carbocycles. The third-order valence-electron chi connectivity index (χ3n) is 4.17. The van der Waals surface area contributed by atoms with Crippen LogP contribution in [0.1, 0.15) is 17.5 Å². The summed E-state index contributed by atoms with van der Waals surface area (Å²) in [4.78, 5) is 8.72. The molecule has 1 aliphatic heterocycles. The van der Waals surface area contributed by atoms with Crippen LogP contribution in [-0.4, -0.2) is 50.9 Å². The molecule has 23 heavy (non-hydrogen) atoms. The maximum absolute atomic E-state index is 13.5. The maximum Gasteiger partial charge on any atom is 0.147 e. The number of aliphatic hydroxyl groups excluding tert-OH is 1. The lowest BCUT2D eigenvalue weighted by atomic mass is 10.2. The van der Waals surface area contributed by atoms with Gasteiger partial charge in [-0.05, 0) is 12.5 Å². The average molecular weight is 319 g/mol. The lowest BCUT2D eigenvalue weighted by Crippen LogP contribution is -2.31. The van der Waals surface area contributed by atoms with Crippen LogP contribution in [0.4, 0.5) is 10.2 Å². The number of aryl methyl sites for hydroxylation is 1. The topological polar surface area (TPSA) is 57.4 Å². The maximum atomic E-state index is 13.5. The summed E-state index contributed by atoms with van der Waals surface area (Å²) in [5.41, 5.74) is 1.51. The molecule has 124 valence electrons. The summed E-state index contributed by atoms with van der Waals surface area (Å²) in [6.45, 7) is 4.24. The molecule has 1 aliphatic rings. The number of rotatable bonds is 4. The quantitative estimate of drug-likeness (QED) is 0.916. The van der Waals surface area contributed by atoms with Crippen molar-refractivity contribution in [1.29, 1.82) is 0 Å². The van der Waals surface area contributed by atoms with Gasteiger partial charge >= 0.3 is 0 Å². The molecule has 3 heterocycles. The fourth-order valence-corrected chi connectivity index (χ4v) is 2.93. The van der Waals surface area contributed by atoms with E-state index in [4.69, 9.17) is 0 Å². The number of pyridine rings is 1. The van der Waals surface area contributed by atoms with Gasteiger partial charge in [0.25, 0.3) is 0 Å². The largest absolute Gasteiger partial charge is 0.392 e. The molecule has 0 amide bonds. The van der Waals surface area contributed by atoms with Crippen LogP contribution in [-0.2, 0) is 20.2 Å². The molecular weight excluding hydrogens is 297 g/mol. The van der Waals surface area contributed by atoms with Crippen molar-refractivity contribution >= 4 is 5.82 Å². The van der Waals surface area contributed by atoms with Crippen LogP contribution in [0.2, 0.25) is 0 Å². The van der Waals surface area contributed by atoms with Crippen LogP contribution in [0.25, 0.3) is 0 Å². The smallest absolute Gasteiger partial charge is 0.147 e. The van der Waals surface area contributed by atoms with E-state index in [-0.39, 0.29) is 6.61 Å². The summed E-state index contributed by atoms with van der Waals surface area (Å²) < 4.78 is 15.3. The molecular formula is C16H22FN5O. The first-order valence-corrected chi connectivity index (χ1v) is 7.86. The zero-order valence-corrected chi connectivity index (χ0v) is 13.3. The zero-order chi connectivity index (χ0) is 16.2. The Kier molecular flexibility index (Phi) is 4.88. The van der Waals surface area contributed by atoms with Crippen molar-refractivity contribution in [3.8, 4) is 0 Å². The van der Waals surface area contributed by atoms with E-state index in [9.17, 15) is 9.50 Å². The molecule has 0 atom stereocenters. The highest BCUT2D eigenvalue weighted by atomic mass is 19.1. The number of hydrogen-bond donors (Lipinski definition) is 1. The summed E-state index contributed by atoms with van der Waals surface area (Å²) in [5.74, 6) is 0.281. The van der Waals surface area contributed by atoms with Gasteiger partial charge in [-0.1, -0.05) is 0 Å². The zero-order valence-electron chi connectivity index (χ0n) is 13.3. The van der Waals surface area contributed by atoms with Crippen molar-refractivity contribution in [2.75, 3.05) is 31.1 Å². The van der Waals surface area contributed by atoms with Gasteiger partial charge in [-0.15, -0.1) is 0 Å². The van der Waals surface area contributed by atoms with E-state index >= 15 is 0 Å². The fraction of sp³-hybridized carbons (Fsp3) is 0.500. The molecule has 0 aromatic carbocycles. The predicted molar refractivity (Wildman–Crippen MR) is 85.4 cm³/mol. The molecule has 3 rings (SSSR count). The summed E-state index contributed by atoms with van der Waals surface area (Å²) in [5, 5.41) is 13.4. The Bertz CT molecular complexity index is 660. The third-order valence-corrected chi connectivity index (χ3v) is 4.17. The van der Waals surface area contributed by atoms with E-state index in [0.717, 1.165) is 45.0 Å². The van der Waals surface area contributed by atoms with Crippen molar-refractivity contribution in [2.45, 2.75) is 19.6 Å². The van der Waals surface area contributed by atoms with Gasteiger partial charge in [-0.3, -0.25) is 9.58 Å². The minimum Gasteiger partial charge on any atom is -0.392 e. The second-order valence-corrected chi connectivity index (χ2v) is 5.93. The first-order valence-electron chi connectivity index (χ1n) is 7.86. The summed E-state index contributed by atoms with van der Waals surface area (Å²) in [6.07, 6.45) is 6.16. The highest BCUT2D eigenvalue weighted by Crippen LogP contribution is 2.18. The molecule has 6 nitrogen and oxygen atoms in total. The van der Waals surface area contributed by atoms with E-state index in [1.807, 2.05) is 24.1 Å². The first-order chi connectivity index (χ1) is 11.2. The average Bonchev–Trinajstić information content (AvgIpc) is 2.81. The van der Waals surface area contributed by atoms with Gasteiger partial charge in [0, 0.05) is 57.1 Å². The van der Waals surface area contributed by atoms with Crippen molar-refractivity contribution < 1.29 is 9.50 Å². The van der Waals surface area contributed by atoms with Gasteiger partial charge in [0.05, 0.1) is 19.0 Å². The van der Waals surface area contributed by atoms with E-state index in [1.54, 1.807) is 6.07 Å². The molecule has 0 radical (unpaired) electrons. The van der Waals surface area contributed by atoms with Crippen molar-refractivity contribution in [3.05, 3.63) is 41.6 Å². The van der Waals surface area contributed by atoms with Crippen LogP contribution < -0.4 is 4.90 Å². The molecule has 1 fully saturated rings. The van der Waals surface area contributed by atoms with Crippen LogP contribution >= 0.6 is 0 Å². The Morgan fingerprint density at radius 1 is 1.22 bits per heavy atom. The molecule has 0 bridgehead atoms. The summed E-state index contributed by atoms with van der Waals surface area (Å²) in [7, 11) is 1.92. The van der Waals surface area contributed by atoms with E-state index in [1.165, 1.54) is 11.8 Å².